The van der Waals surface area contributed by atoms with Gasteiger partial charge in [0.1, 0.15) is 17.7 Å². The average molecular weight is 633 g/mol. The Balaban J connectivity index is 1.33. The van der Waals surface area contributed by atoms with E-state index in [0.717, 1.165) is 18.4 Å². The molecule has 4 rings (SSSR count). The second-order valence-electron chi connectivity index (χ2n) is 14.4. The number of rotatable bonds is 11. The molecule has 250 valence electrons. The maximum Gasteiger partial charge on any atom is 0.325 e. The minimum atomic E-state index is -1.79. The number of amides is 2. The summed E-state index contributed by atoms with van der Waals surface area (Å²) < 4.78 is 5.19. The van der Waals surface area contributed by atoms with E-state index in [2.05, 4.69) is 17.6 Å². The Labute approximate surface area is 263 Å². The first kappa shape index (κ1) is 34.7. The normalized spacial score (nSPS) is 35.2. The highest BCUT2D eigenvalue weighted by atomic mass is 16.5. The number of carbonyl (C=O) groups is 6. The predicted octanol–water partition coefficient (Wildman–Crippen LogP) is 1.84. The predicted molar refractivity (Wildman–Crippen MR) is 160 cm³/mol. The lowest BCUT2D eigenvalue weighted by molar-refractivity contribution is -0.184. The number of aliphatic carboxylic acids is 1. The summed E-state index contributed by atoms with van der Waals surface area (Å²) >= 11 is 0. The van der Waals surface area contributed by atoms with Crippen LogP contribution >= 0.6 is 0 Å². The Hall–Kier alpha value is -3.12. The molecule has 0 aromatic heterocycles. The molecule has 0 bridgehead atoms. The highest BCUT2D eigenvalue weighted by molar-refractivity contribution is 5.93. The minimum absolute atomic E-state index is 0.0140. The second-order valence-corrected chi connectivity index (χ2v) is 14.4. The molecule has 0 radical (unpaired) electrons. The number of esters is 1. The van der Waals surface area contributed by atoms with Crippen molar-refractivity contribution >= 4 is 35.3 Å². The van der Waals surface area contributed by atoms with Crippen LogP contribution in [0.3, 0.4) is 0 Å². The van der Waals surface area contributed by atoms with E-state index >= 15 is 0 Å². The molecule has 4 aliphatic carbocycles. The summed E-state index contributed by atoms with van der Waals surface area (Å²) in [5.74, 6) is -4.17. The van der Waals surface area contributed by atoms with Gasteiger partial charge in [-0.2, -0.15) is 0 Å². The van der Waals surface area contributed by atoms with Crippen molar-refractivity contribution in [1.29, 1.82) is 0 Å². The third-order valence-electron chi connectivity index (χ3n) is 11.4. The number of carboxylic acid groups (broad SMARTS) is 1. The van der Waals surface area contributed by atoms with E-state index < -0.39 is 65.3 Å². The van der Waals surface area contributed by atoms with Gasteiger partial charge in [0.15, 0.2) is 12.4 Å². The van der Waals surface area contributed by atoms with E-state index in [-0.39, 0.29) is 60.6 Å². The van der Waals surface area contributed by atoms with Crippen LogP contribution in [0.2, 0.25) is 0 Å². The number of hydrogen-bond donors (Lipinski definition) is 5. The summed E-state index contributed by atoms with van der Waals surface area (Å²) in [6, 6.07) is -2.16. The molecule has 0 heterocycles. The van der Waals surface area contributed by atoms with Crippen LogP contribution in [0.15, 0.2) is 11.6 Å². The summed E-state index contributed by atoms with van der Waals surface area (Å²) in [6.07, 6.45) is 3.99. The zero-order valence-electron chi connectivity index (χ0n) is 26.9. The molecule has 0 spiro atoms. The van der Waals surface area contributed by atoms with Crippen molar-refractivity contribution in [3.8, 4) is 0 Å². The first-order chi connectivity index (χ1) is 20.9. The third kappa shape index (κ3) is 6.45. The lowest BCUT2D eigenvalue weighted by atomic mass is 9.45. The number of allylic oxidation sites excluding steroid dienone is 1. The molecular weight excluding hydrogens is 584 g/mol. The molecule has 0 saturated heterocycles. The Kier molecular flexibility index (Phi) is 9.99. The Morgan fingerprint density at radius 1 is 1.02 bits per heavy atom. The van der Waals surface area contributed by atoms with Crippen LogP contribution in [-0.2, 0) is 33.5 Å². The van der Waals surface area contributed by atoms with E-state index in [1.807, 2.05) is 6.92 Å². The highest BCUT2D eigenvalue weighted by Crippen LogP contribution is 2.67. The zero-order chi connectivity index (χ0) is 33.5. The lowest BCUT2D eigenvalue weighted by Crippen LogP contribution is -2.62. The molecule has 5 N–H and O–H groups in total. The SMILES string of the molecule is CC(C)[C@@H](NC(=O)CCC(=O)OCC(=O)[C@@]1(O)CC[C@H]2[C@H]3CCC4=CC(=O)CC[C@]4(C)[C@@H]3[C@@H](O)C[C@@]21C)C(=O)N[C@H](C)C(=O)O. The molecular formula is C33H48N2O10. The number of ether oxygens (including phenoxy) is 1. The quantitative estimate of drug-likeness (QED) is 0.210. The van der Waals surface area contributed by atoms with Crippen molar-refractivity contribution in [3.05, 3.63) is 11.6 Å². The van der Waals surface area contributed by atoms with Gasteiger partial charge in [-0.05, 0) is 80.6 Å². The van der Waals surface area contributed by atoms with Gasteiger partial charge >= 0.3 is 11.9 Å². The van der Waals surface area contributed by atoms with Crippen LogP contribution in [0.25, 0.3) is 0 Å². The molecule has 0 aromatic rings. The fourth-order valence-electron chi connectivity index (χ4n) is 8.85. The Bertz CT molecular complexity index is 1280. The Morgan fingerprint density at radius 2 is 1.71 bits per heavy atom. The smallest absolute Gasteiger partial charge is 0.325 e. The molecule has 9 atom stereocenters. The monoisotopic (exact) mass is 632 g/mol. The zero-order valence-corrected chi connectivity index (χ0v) is 26.9. The van der Waals surface area contributed by atoms with Gasteiger partial charge in [-0.3, -0.25) is 28.8 Å². The molecule has 0 unspecified atom stereocenters. The molecule has 12 nitrogen and oxygen atoms in total. The number of aliphatic hydroxyl groups excluding tert-OH is 1. The van der Waals surface area contributed by atoms with Crippen molar-refractivity contribution in [2.24, 2.45) is 34.5 Å². The van der Waals surface area contributed by atoms with E-state index in [9.17, 15) is 39.0 Å². The summed E-state index contributed by atoms with van der Waals surface area (Å²) in [5, 5.41) is 37.2. The molecule has 3 saturated carbocycles. The van der Waals surface area contributed by atoms with Gasteiger partial charge in [-0.1, -0.05) is 33.3 Å². The van der Waals surface area contributed by atoms with Gasteiger partial charge in [0.25, 0.3) is 0 Å². The van der Waals surface area contributed by atoms with Crippen molar-refractivity contribution in [1.82, 2.24) is 10.6 Å². The van der Waals surface area contributed by atoms with Crippen LogP contribution in [-0.4, -0.2) is 81.0 Å². The Morgan fingerprint density at radius 3 is 2.36 bits per heavy atom. The molecule has 3 fully saturated rings. The standard InChI is InChI=1S/C33H48N2O10/c1-17(2)28(29(41)34-18(3)30(42)43)35-25(39)8-9-26(40)45-16-24(38)33(44)13-11-22-21-7-6-19-14-20(36)10-12-31(19,4)27(21)23(37)15-32(22,33)5/h14,17-18,21-23,27-28,37,44H,6-13,15-16H2,1-5H3,(H,34,41)(H,35,39)(H,42,43)/t18-,21-,22+,23+,27+,28-,31+,32+,33+/m1/s1. The molecule has 45 heavy (non-hydrogen) atoms. The number of nitrogens with one attached hydrogen (secondary N) is 2. The van der Waals surface area contributed by atoms with E-state index in [1.54, 1.807) is 19.9 Å². The molecule has 0 aromatic carbocycles. The number of Topliss-reactive ketones (excluding diaryl/α,β-unsaturated/α-hetero) is 1. The average Bonchev–Trinajstić information content (AvgIpc) is 3.23. The van der Waals surface area contributed by atoms with Gasteiger partial charge in [0, 0.05) is 18.3 Å². The van der Waals surface area contributed by atoms with Gasteiger partial charge in [0.2, 0.25) is 17.6 Å². The van der Waals surface area contributed by atoms with Crippen LogP contribution in [0.4, 0.5) is 0 Å². The molecule has 0 aliphatic heterocycles. The lowest BCUT2D eigenvalue weighted by Gasteiger charge is -2.60. The summed E-state index contributed by atoms with van der Waals surface area (Å²) in [6.45, 7) is 7.99. The van der Waals surface area contributed by atoms with Crippen molar-refractivity contribution in [3.63, 3.8) is 0 Å². The topological polar surface area (TPSA) is 196 Å². The van der Waals surface area contributed by atoms with E-state index in [0.29, 0.717) is 19.3 Å². The number of aliphatic hydroxyl groups is 2. The summed E-state index contributed by atoms with van der Waals surface area (Å²) in [7, 11) is 0. The summed E-state index contributed by atoms with van der Waals surface area (Å²) in [5.41, 5.74) is -1.89. The maximum atomic E-state index is 13.5. The second kappa shape index (κ2) is 12.9. The number of fused-ring (bicyclic) bond motifs is 5. The number of carbonyl (C=O) groups excluding carboxylic acids is 5. The van der Waals surface area contributed by atoms with Crippen LogP contribution in [0.1, 0.15) is 92.4 Å². The fourth-order valence-corrected chi connectivity index (χ4v) is 8.85. The van der Waals surface area contributed by atoms with E-state index in [4.69, 9.17) is 9.84 Å². The van der Waals surface area contributed by atoms with Crippen LogP contribution in [0, 0.1) is 34.5 Å². The first-order valence-corrected chi connectivity index (χ1v) is 16.1. The fraction of sp³-hybridized carbons (Fsp3) is 0.758. The third-order valence-corrected chi connectivity index (χ3v) is 11.4. The van der Waals surface area contributed by atoms with Crippen molar-refractivity contribution in [2.75, 3.05) is 6.61 Å². The van der Waals surface area contributed by atoms with Crippen LogP contribution < -0.4 is 10.6 Å². The van der Waals surface area contributed by atoms with Gasteiger partial charge in [-0.15, -0.1) is 0 Å². The molecule has 2 amide bonds. The van der Waals surface area contributed by atoms with Gasteiger partial charge in [-0.25, -0.2) is 0 Å². The summed E-state index contributed by atoms with van der Waals surface area (Å²) in [4.78, 5) is 74.1. The first-order valence-electron chi connectivity index (χ1n) is 16.1. The van der Waals surface area contributed by atoms with Crippen molar-refractivity contribution in [2.45, 2.75) is 116 Å². The minimum Gasteiger partial charge on any atom is -0.480 e. The number of hydrogen-bond acceptors (Lipinski definition) is 9. The van der Waals surface area contributed by atoms with Crippen LogP contribution in [0.5, 0.6) is 0 Å². The maximum absolute atomic E-state index is 13.5. The molecule has 12 heteroatoms. The molecule has 4 aliphatic rings. The van der Waals surface area contributed by atoms with Gasteiger partial charge < -0.3 is 30.7 Å². The van der Waals surface area contributed by atoms with Gasteiger partial charge in [0.05, 0.1) is 12.5 Å². The van der Waals surface area contributed by atoms with E-state index in [1.165, 1.54) is 6.92 Å². The number of ketones is 2. The highest BCUT2D eigenvalue weighted by Gasteiger charge is 2.68. The number of carboxylic acids is 1. The largest absolute Gasteiger partial charge is 0.480 e. The van der Waals surface area contributed by atoms with Crippen molar-refractivity contribution < 1.29 is 48.8 Å².